The summed E-state index contributed by atoms with van der Waals surface area (Å²) in [4.78, 5) is 12.6. The van der Waals surface area contributed by atoms with Gasteiger partial charge < -0.3 is 10.6 Å². The highest BCUT2D eigenvalue weighted by Crippen LogP contribution is 2.26. The largest absolute Gasteiger partial charge is 0.383 e. The third kappa shape index (κ3) is 5.06. The Morgan fingerprint density at radius 3 is 2.59 bits per heavy atom. The number of rotatable bonds is 6. The number of hydrogen-bond donors (Lipinski definition) is 2. The van der Waals surface area contributed by atoms with Crippen LogP contribution in [0.3, 0.4) is 0 Å². The quantitative estimate of drug-likeness (QED) is 0.524. The average molecular weight is 388 g/mol. The van der Waals surface area contributed by atoms with Crippen LogP contribution in [0.4, 0.5) is 5.69 Å². The van der Waals surface area contributed by atoms with Crippen molar-refractivity contribution >= 4 is 11.6 Å². The number of benzene rings is 2. The molecule has 1 unspecified atom stereocenters. The van der Waals surface area contributed by atoms with E-state index in [2.05, 4.69) is 35.8 Å². The molecule has 4 nitrogen and oxygen atoms in total. The van der Waals surface area contributed by atoms with Gasteiger partial charge in [-0.3, -0.25) is 4.79 Å². The Morgan fingerprint density at radius 1 is 1.14 bits per heavy atom. The van der Waals surface area contributed by atoms with Gasteiger partial charge in [0.05, 0.1) is 6.04 Å². The first-order chi connectivity index (χ1) is 14.0. The number of carbonyl (C=O) groups excluding carboxylic acids is 1. The lowest BCUT2D eigenvalue weighted by Crippen LogP contribution is -2.20. The number of anilines is 1. The maximum atomic E-state index is 12.6. The molecule has 2 N–H and O–H groups in total. The average Bonchev–Trinajstić information content (AvgIpc) is 2.73. The molecule has 0 saturated heterocycles. The third-order valence-electron chi connectivity index (χ3n) is 5.61. The molecule has 0 spiro atoms. The van der Waals surface area contributed by atoms with Crippen molar-refractivity contribution < 1.29 is 4.79 Å². The van der Waals surface area contributed by atoms with Crippen molar-refractivity contribution in [1.82, 2.24) is 5.32 Å². The topological polar surface area (TPSA) is 64.9 Å². The van der Waals surface area contributed by atoms with Crippen LogP contribution in [0, 0.1) is 25.2 Å². The summed E-state index contributed by atoms with van der Waals surface area (Å²) < 4.78 is 0. The van der Waals surface area contributed by atoms with Crippen molar-refractivity contribution in [3.8, 4) is 6.07 Å². The number of nitrogens with one attached hydrogen (secondary N) is 2. The van der Waals surface area contributed by atoms with Crippen LogP contribution in [0.2, 0.25) is 0 Å². The van der Waals surface area contributed by atoms with Crippen molar-refractivity contribution in [2.75, 3.05) is 5.32 Å². The molecular formula is C25H29N3O. The van der Waals surface area contributed by atoms with Gasteiger partial charge in [0, 0.05) is 11.9 Å². The SMILES string of the molecule is CCC(N/C=C(/C#N)C(=O)Nc1ccc(C)cc1C)c1ccc2c(c1)CCCC2. The summed E-state index contributed by atoms with van der Waals surface area (Å²) in [7, 11) is 0. The van der Waals surface area contributed by atoms with Crippen molar-refractivity contribution in [1.29, 1.82) is 5.26 Å². The maximum absolute atomic E-state index is 12.6. The van der Waals surface area contributed by atoms with E-state index in [1.165, 1.54) is 29.5 Å². The van der Waals surface area contributed by atoms with Crippen LogP contribution in [0.25, 0.3) is 0 Å². The lowest BCUT2D eigenvalue weighted by atomic mass is 9.89. The molecule has 0 heterocycles. The normalized spacial score (nSPS) is 14.5. The molecule has 29 heavy (non-hydrogen) atoms. The Bertz CT molecular complexity index is 969. The molecule has 3 rings (SSSR count). The molecule has 150 valence electrons. The molecule has 1 atom stereocenters. The second-order valence-electron chi connectivity index (χ2n) is 7.81. The molecule has 4 heteroatoms. The zero-order valence-electron chi connectivity index (χ0n) is 17.5. The molecule has 1 aliphatic rings. The number of nitrogens with zero attached hydrogens (tertiary/aromatic N) is 1. The molecule has 1 aliphatic carbocycles. The second-order valence-corrected chi connectivity index (χ2v) is 7.81. The van der Waals surface area contributed by atoms with Gasteiger partial charge in [0.1, 0.15) is 11.6 Å². The molecule has 0 aliphatic heterocycles. The minimum atomic E-state index is -0.396. The van der Waals surface area contributed by atoms with E-state index >= 15 is 0 Å². The van der Waals surface area contributed by atoms with E-state index in [1.807, 2.05) is 38.1 Å². The van der Waals surface area contributed by atoms with E-state index < -0.39 is 5.91 Å². The van der Waals surface area contributed by atoms with Crippen LogP contribution < -0.4 is 10.6 Å². The molecule has 0 bridgehead atoms. The zero-order valence-corrected chi connectivity index (χ0v) is 17.5. The summed E-state index contributed by atoms with van der Waals surface area (Å²) in [5.41, 5.74) is 7.00. The van der Waals surface area contributed by atoms with E-state index in [9.17, 15) is 10.1 Å². The molecule has 2 aromatic carbocycles. The molecule has 0 saturated carbocycles. The summed E-state index contributed by atoms with van der Waals surface area (Å²) in [6, 6.07) is 14.6. The smallest absolute Gasteiger partial charge is 0.267 e. The minimum Gasteiger partial charge on any atom is -0.383 e. The Kier molecular flexibility index (Phi) is 6.72. The number of amides is 1. The molecule has 1 amide bonds. The molecule has 0 radical (unpaired) electrons. The van der Waals surface area contributed by atoms with Gasteiger partial charge in [0.15, 0.2) is 0 Å². The molecular weight excluding hydrogens is 358 g/mol. The number of aryl methyl sites for hydroxylation is 4. The van der Waals surface area contributed by atoms with E-state index in [1.54, 1.807) is 6.20 Å². The highest BCUT2D eigenvalue weighted by atomic mass is 16.1. The van der Waals surface area contributed by atoms with Gasteiger partial charge in [-0.15, -0.1) is 0 Å². The van der Waals surface area contributed by atoms with Crippen LogP contribution in [-0.4, -0.2) is 5.91 Å². The van der Waals surface area contributed by atoms with Crippen LogP contribution in [0.5, 0.6) is 0 Å². The van der Waals surface area contributed by atoms with Crippen molar-refractivity contribution in [3.63, 3.8) is 0 Å². The fourth-order valence-electron chi connectivity index (χ4n) is 3.90. The zero-order chi connectivity index (χ0) is 20.8. The molecule has 0 fully saturated rings. The third-order valence-corrected chi connectivity index (χ3v) is 5.61. The highest BCUT2D eigenvalue weighted by molar-refractivity contribution is 6.06. The summed E-state index contributed by atoms with van der Waals surface area (Å²) in [5.74, 6) is -0.396. The van der Waals surface area contributed by atoms with Gasteiger partial charge in [-0.2, -0.15) is 5.26 Å². The predicted molar refractivity (Wildman–Crippen MR) is 117 cm³/mol. The van der Waals surface area contributed by atoms with Gasteiger partial charge in [-0.05, 0) is 74.3 Å². The van der Waals surface area contributed by atoms with Crippen LogP contribution >= 0.6 is 0 Å². The lowest BCUT2D eigenvalue weighted by Gasteiger charge is -2.21. The van der Waals surface area contributed by atoms with Gasteiger partial charge in [-0.25, -0.2) is 0 Å². The Balaban J connectivity index is 1.72. The fourth-order valence-corrected chi connectivity index (χ4v) is 3.90. The van der Waals surface area contributed by atoms with Crippen LogP contribution in [0.1, 0.15) is 60.0 Å². The van der Waals surface area contributed by atoms with E-state index in [-0.39, 0.29) is 11.6 Å². The molecule has 0 aromatic heterocycles. The first-order valence-corrected chi connectivity index (χ1v) is 10.4. The van der Waals surface area contributed by atoms with Gasteiger partial charge in [0.25, 0.3) is 5.91 Å². The summed E-state index contributed by atoms with van der Waals surface area (Å²) in [6.45, 7) is 6.06. The monoisotopic (exact) mass is 387 g/mol. The van der Waals surface area contributed by atoms with Crippen LogP contribution in [0.15, 0.2) is 48.2 Å². The van der Waals surface area contributed by atoms with Gasteiger partial charge in [0.2, 0.25) is 0 Å². The standard InChI is InChI=1S/C25H29N3O/c1-4-23(21-11-10-19-7-5-6-8-20(19)14-21)27-16-22(15-26)25(29)28-24-12-9-17(2)13-18(24)3/h9-14,16,23,27H,4-8H2,1-3H3,(H,28,29)/b22-16-. The fraction of sp³-hybridized carbons (Fsp3) is 0.360. The van der Waals surface area contributed by atoms with Crippen molar-refractivity contribution in [2.45, 2.75) is 58.9 Å². The maximum Gasteiger partial charge on any atom is 0.267 e. The number of fused-ring (bicyclic) bond motifs is 1. The van der Waals surface area contributed by atoms with Gasteiger partial charge >= 0.3 is 0 Å². The molecule has 2 aromatic rings. The van der Waals surface area contributed by atoms with E-state index in [4.69, 9.17) is 0 Å². The lowest BCUT2D eigenvalue weighted by molar-refractivity contribution is -0.112. The number of hydrogen-bond acceptors (Lipinski definition) is 3. The summed E-state index contributed by atoms with van der Waals surface area (Å²) in [6.07, 6.45) is 7.23. The van der Waals surface area contributed by atoms with Crippen LogP contribution in [-0.2, 0) is 17.6 Å². The first kappa shape index (κ1) is 20.7. The van der Waals surface area contributed by atoms with Crippen molar-refractivity contribution in [2.24, 2.45) is 0 Å². The van der Waals surface area contributed by atoms with Gasteiger partial charge in [-0.1, -0.05) is 42.8 Å². The summed E-state index contributed by atoms with van der Waals surface area (Å²) >= 11 is 0. The first-order valence-electron chi connectivity index (χ1n) is 10.4. The van der Waals surface area contributed by atoms with E-state index in [0.29, 0.717) is 0 Å². The highest BCUT2D eigenvalue weighted by Gasteiger charge is 2.15. The minimum absolute atomic E-state index is 0.0690. The second kappa shape index (κ2) is 9.43. The van der Waals surface area contributed by atoms with Crippen molar-refractivity contribution in [3.05, 3.63) is 76.0 Å². The Labute approximate surface area is 173 Å². The number of carbonyl (C=O) groups is 1. The Morgan fingerprint density at radius 2 is 1.90 bits per heavy atom. The Hall–Kier alpha value is -3.06. The van der Waals surface area contributed by atoms with E-state index in [0.717, 1.165) is 36.1 Å². The number of nitriles is 1. The summed E-state index contributed by atoms with van der Waals surface area (Å²) in [5, 5.41) is 15.6. The predicted octanol–water partition coefficient (Wildman–Crippen LogP) is 5.27.